The van der Waals surface area contributed by atoms with E-state index in [0.29, 0.717) is 17.4 Å². The lowest BCUT2D eigenvalue weighted by atomic mass is 10.2. The summed E-state index contributed by atoms with van der Waals surface area (Å²) >= 11 is 1.19. The van der Waals surface area contributed by atoms with Gasteiger partial charge in [-0.15, -0.1) is 11.3 Å². The zero-order valence-electron chi connectivity index (χ0n) is 13.2. The Bertz CT molecular complexity index is 734. The molecule has 2 N–H and O–H groups in total. The molecule has 0 aliphatic heterocycles. The number of carboxylic acids is 1. The topological polar surface area (TPSA) is 88.5 Å². The second-order valence-electron chi connectivity index (χ2n) is 4.99. The lowest BCUT2D eigenvalue weighted by molar-refractivity contribution is -0.140. The first-order chi connectivity index (χ1) is 11.9. The third kappa shape index (κ3) is 5.21. The van der Waals surface area contributed by atoms with Crippen LogP contribution in [0.2, 0.25) is 0 Å². The highest BCUT2D eigenvalue weighted by molar-refractivity contribution is 7.13. The summed E-state index contributed by atoms with van der Waals surface area (Å²) in [5, 5.41) is 13.0. The summed E-state index contributed by atoms with van der Waals surface area (Å²) in [6.07, 6.45) is -3.80. The first kappa shape index (κ1) is 18.8. The Morgan fingerprint density at radius 1 is 1.32 bits per heavy atom. The van der Waals surface area contributed by atoms with Crippen LogP contribution in [0.3, 0.4) is 0 Å². The van der Waals surface area contributed by atoms with Crippen LogP contribution in [0.25, 0.3) is 10.6 Å². The van der Waals surface area contributed by atoms with E-state index in [9.17, 15) is 18.4 Å². The Labute approximate surface area is 146 Å². The highest BCUT2D eigenvalue weighted by Gasteiger charge is 2.25. The Morgan fingerprint density at radius 3 is 2.56 bits per heavy atom. The van der Waals surface area contributed by atoms with Gasteiger partial charge in [-0.25, -0.2) is 18.6 Å². The molecule has 1 atom stereocenters. The van der Waals surface area contributed by atoms with Crippen molar-refractivity contribution in [2.45, 2.75) is 25.8 Å². The van der Waals surface area contributed by atoms with Crippen LogP contribution in [0.1, 0.15) is 23.8 Å². The molecule has 0 saturated heterocycles. The molecule has 1 aromatic heterocycles. The van der Waals surface area contributed by atoms with Crippen molar-refractivity contribution in [2.24, 2.45) is 0 Å². The number of aromatic nitrogens is 1. The Balaban J connectivity index is 2.09. The Hall–Kier alpha value is -2.55. The van der Waals surface area contributed by atoms with Crippen molar-refractivity contribution in [3.8, 4) is 16.3 Å². The van der Waals surface area contributed by atoms with Gasteiger partial charge in [0.2, 0.25) is 6.43 Å². The number of carboxylic acid groups (broad SMARTS) is 1. The summed E-state index contributed by atoms with van der Waals surface area (Å²) in [7, 11) is 0. The van der Waals surface area contributed by atoms with E-state index in [4.69, 9.17) is 9.84 Å². The van der Waals surface area contributed by atoms with E-state index in [1.165, 1.54) is 16.7 Å². The average molecular weight is 370 g/mol. The largest absolute Gasteiger partial charge is 0.494 e. The summed E-state index contributed by atoms with van der Waals surface area (Å²) < 4.78 is 30.1. The van der Waals surface area contributed by atoms with Crippen molar-refractivity contribution < 1.29 is 28.2 Å². The maximum Gasteiger partial charge on any atom is 0.326 e. The van der Waals surface area contributed by atoms with Crippen molar-refractivity contribution in [2.75, 3.05) is 6.61 Å². The number of benzene rings is 1. The molecule has 6 nitrogen and oxygen atoms in total. The number of nitrogens with one attached hydrogen (secondary N) is 1. The molecule has 134 valence electrons. The number of carbonyl (C=O) groups excluding carboxylic acids is 1. The number of alkyl halides is 2. The molecule has 0 aliphatic rings. The molecule has 1 aromatic carbocycles. The average Bonchev–Trinajstić information content (AvgIpc) is 3.05. The zero-order valence-corrected chi connectivity index (χ0v) is 14.1. The van der Waals surface area contributed by atoms with Gasteiger partial charge in [-0.2, -0.15) is 0 Å². The maximum absolute atomic E-state index is 12.4. The quantitative estimate of drug-likeness (QED) is 0.746. The van der Waals surface area contributed by atoms with Crippen molar-refractivity contribution in [1.29, 1.82) is 0 Å². The summed E-state index contributed by atoms with van der Waals surface area (Å²) in [5.41, 5.74) is 0.740. The van der Waals surface area contributed by atoms with Crippen LogP contribution >= 0.6 is 11.3 Å². The van der Waals surface area contributed by atoms with Gasteiger partial charge in [0.1, 0.15) is 22.5 Å². The lowest BCUT2D eigenvalue weighted by Crippen LogP contribution is -2.42. The van der Waals surface area contributed by atoms with E-state index in [1.54, 1.807) is 24.3 Å². The van der Waals surface area contributed by atoms with Gasteiger partial charge in [0, 0.05) is 17.4 Å². The second kappa shape index (κ2) is 8.52. The molecule has 2 aromatic rings. The van der Waals surface area contributed by atoms with E-state index in [1.807, 2.05) is 6.92 Å². The molecule has 0 aliphatic carbocycles. The molecule has 1 heterocycles. The Morgan fingerprint density at radius 2 is 2.00 bits per heavy atom. The molecule has 0 bridgehead atoms. The van der Waals surface area contributed by atoms with Gasteiger partial charge in [-0.05, 0) is 31.2 Å². The smallest absolute Gasteiger partial charge is 0.326 e. The van der Waals surface area contributed by atoms with Crippen LogP contribution in [0, 0.1) is 0 Å². The number of amides is 1. The molecule has 0 radical (unpaired) electrons. The summed E-state index contributed by atoms with van der Waals surface area (Å²) in [6, 6.07) is 5.43. The summed E-state index contributed by atoms with van der Waals surface area (Å²) in [5.74, 6) is -1.62. The Kier molecular flexibility index (Phi) is 6.40. The minimum Gasteiger partial charge on any atom is -0.494 e. The van der Waals surface area contributed by atoms with E-state index in [2.05, 4.69) is 10.3 Å². The SMILES string of the molecule is CCOc1ccc(-c2nc(C(=O)NC(CC(F)F)C(=O)O)cs2)cc1. The van der Waals surface area contributed by atoms with Crippen molar-refractivity contribution in [3.63, 3.8) is 0 Å². The van der Waals surface area contributed by atoms with Gasteiger partial charge in [0.25, 0.3) is 5.91 Å². The van der Waals surface area contributed by atoms with Gasteiger partial charge in [-0.1, -0.05) is 0 Å². The molecule has 9 heteroatoms. The fourth-order valence-corrected chi connectivity index (χ4v) is 2.81. The first-order valence-electron chi connectivity index (χ1n) is 7.41. The molecule has 1 amide bonds. The maximum atomic E-state index is 12.4. The normalized spacial score (nSPS) is 12.0. The predicted octanol–water partition coefficient (Wildman–Crippen LogP) is 3.05. The molecule has 0 spiro atoms. The molecular formula is C16H16F2N2O4S. The second-order valence-corrected chi connectivity index (χ2v) is 5.84. The number of ether oxygens (including phenoxy) is 1. The molecule has 25 heavy (non-hydrogen) atoms. The van der Waals surface area contributed by atoms with Crippen molar-refractivity contribution >= 4 is 23.2 Å². The molecular weight excluding hydrogens is 354 g/mol. The van der Waals surface area contributed by atoms with Crippen LogP contribution in [0.5, 0.6) is 5.75 Å². The number of thiazole rings is 1. The van der Waals surface area contributed by atoms with Gasteiger partial charge in [0.05, 0.1) is 6.61 Å². The minimum atomic E-state index is -2.84. The van der Waals surface area contributed by atoms with E-state index >= 15 is 0 Å². The number of halogens is 2. The van der Waals surface area contributed by atoms with Gasteiger partial charge in [0.15, 0.2) is 0 Å². The van der Waals surface area contributed by atoms with Crippen molar-refractivity contribution in [3.05, 3.63) is 35.3 Å². The van der Waals surface area contributed by atoms with Crippen LogP contribution in [0.15, 0.2) is 29.6 Å². The summed E-state index contributed by atoms with van der Waals surface area (Å²) in [6.45, 7) is 2.42. The zero-order chi connectivity index (χ0) is 18.4. The standard InChI is InChI=1S/C16H16F2N2O4S/c1-2-24-10-5-3-9(4-6-10)15-20-12(8-25-15)14(21)19-11(16(22)23)7-13(17)18/h3-6,8,11,13H,2,7H2,1H3,(H,19,21)(H,22,23). The number of hydrogen-bond donors (Lipinski definition) is 2. The number of nitrogens with zero attached hydrogens (tertiary/aromatic N) is 1. The fourth-order valence-electron chi connectivity index (χ4n) is 2.00. The van der Waals surface area contributed by atoms with Crippen molar-refractivity contribution in [1.82, 2.24) is 10.3 Å². The number of carbonyl (C=O) groups is 2. The van der Waals surface area contributed by atoms with E-state index in [-0.39, 0.29) is 5.69 Å². The van der Waals surface area contributed by atoms with Crippen LogP contribution in [0.4, 0.5) is 8.78 Å². The number of aliphatic carboxylic acids is 1. The fraction of sp³-hybridized carbons (Fsp3) is 0.312. The lowest BCUT2D eigenvalue weighted by Gasteiger charge is -2.12. The minimum absolute atomic E-state index is 0.0191. The van der Waals surface area contributed by atoms with E-state index in [0.717, 1.165) is 5.56 Å². The van der Waals surface area contributed by atoms with E-state index < -0.39 is 30.8 Å². The third-order valence-corrected chi connectivity index (χ3v) is 4.06. The van der Waals surface area contributed by atoms with Crippen LogP contribution in [-0.2, 0) is 4.79 Å². The van der Waals surface area contributed by atoms with Crippen LogP contribution in [-0.4, -0.2) is 41.0 Å². The van der Waals surface area contributed by atoms with Gasteiger partial charge >= 0.3 is 5.97 Å². The molecule has 1 unspecified atom stereocenters. The summed E-state index contributed by atoms with van der Waals surface area (Å²) in [4.78, 5) is 27.1. The third-order valence-electron chi connectivity index (χ3n) is 3.17. The van der Waals surface area contributed by atoms with Crippen LogP contribution < -0.4 is 10.1 Å². The highest BCUT2D eigenvalue weighted by Crippen LogP contribution is 2.26. The molecule has 2 rings (SSSR count). The molecule has 0 fully saturated rings. The number of rotatable bonds is 8. The highest BCUT2D eigenvalue weighted by atomic mass is 32.1. The predicted molar refractivity (Wildman–Crippen MR) is 88.2 cm³/mol. The van der Waals surface area contributed by atoms with Gasteiger partial charge in [-0.3, -0.25) is 4.79 Å². The molecule has 0 saturated carbocycles. The van der Waals surface area contributed by atoms with Gasteiger partial charge < -0.3 is 15.2 Å². The first-order valence-corrected chi connectivity index (χ1v) is 8.29. The number of hydrogen-bond acceptors (Lipinski definition) is 5. The monoisotopic (exact) mass is 370 g/mol.